The molecule has 0 aromatic heterocycles. The van der Waals surface area contributed by atoms with Gasteiger partial charge in [0, 0.05) is 5.69 Å². The average Bonchev–Trinajstić information content (AvgIpc) is 2.32. The normalized spacial score (nSPS) is 11.2. The first kappa shape index (κ1) is 13.5. The van der Waals surface area contributed by atoms with E-state index < -0.39 is 5.54 Å². The SMILES string of the molecule is CC(CO)(CO)NC(=O)Cc1ccc(N)cc1. The highest BCUT2D eigenvalue weighted by molar-refractivity contribution is 5.79. The van der Waals surface area contributed by atoms with Crippen molar-refractivity contribution in [3.8, 4) is 0 Å². The summed E-state index contributed by atoms with van der Waals surface area (Å²) in [5.74, 6) is -0.250. The maximum atomic E-state index is 11.7. The van der Waals surface area contributed by atoms with E-state index in [2.05, 4.69) is 5.32 Å². The molecule has 1 rings (SSSR count). The number of anilines is 1. The van der Waals surface area contributed by atoms with Crippen LogP contribution >= 0.6 is 0 Å². The third-order valence-electron chi connectivity index (χ3n) is 2.48. The molecule has 0 saturated carbocycles. The zero-order chi connectivity index (χ0) is 12.9. The molecule has 0 unspecified atom stereocenters. The molecule has 17 heavy (non-hydrogen) atoms. The van der Waals surface area contributed by atoms with Gasteiger partial charge in [-0.3, -0.25) is 4.79 Å². The van der Waals surface area contributed by atoms with Crippen LogP contribution in [0.25, 0.3) is 0 Å². The molecule has 0 radical (unpaired) electrons. The van der Waals surface area contributed by atoms with Gasteiger partial charge in [-0.1, -0.05) is 12.1 Å². The van der Waals surface area contributed by atoms with Crippen LogP contribution in [0.4, 0.5) is 5.69 Å². The maximum absolute atomic E-state index is 11.7. The van der Waals surface area contributed by atoms with Crippen LogP contribution in [-0.2, 0) is 11.2 Å². The second kappa shape index (κ2) is 5.65. The smallest absolute Gasteiger partial charge is 0.224 e. The largest absolute Gasteiger partial charge is 0.399 e. The van der Waals surface area contributed by atoms with Crippen LogP contribution in [0.3, 0.4) is 0 Å². The van der Waals surface area contributed by atoms with Crippen molar-refractivity contribution < 1.29 is 15.0 Å². The Morgan fingerprint density at radius 2 is 1.82 bits per heavy atom. The predicted molar refractivity (Wildman–Crippen MR) is 65.3 cm³/mol. The summed E-state index contributed by atoms with van der Waals surface area (Å²) in [5.41, 5.74) is 6.03. The molecule has 0 saturated heterocycles. The maximum Gasteiger partial charge on any atom is 0.224 e. The molecule has 94 valence electrons. The van der Waals surface area contributed by atoms with Gasteiger partial charge >= 0.3 is 0 Å². The van der Waals surface area contributed by atoms with E-state index in [1.54, 1.807) is 31.2 Å². The molecule has 1 aromatic carbocycles. The Labute approximate surface area is 100 Å². The van der Waals surface area contributed by atoms with Gasteiger partial charge in [0.2, 0.25) is 5.91 Å². The third kappa shape index (κ3) is 4.05. The summed E-state index contributed by atoms with van der Waals surface area (Å²) in [6, 6.07) is 6.98. The van der Waals surface area contributed by atoms with E-state index in [1.165, 1.54) is 0 Å². The van der Waals surface area contributed by atoms with E-state index in [4.69, 9.17) is 15.9 Å². The molecule has 0 aliphatic heterocycles. The van der Waals surface area contributed by atoms with Crippen molar-refractivity contribution in [2.24, 2.45) is 0 Å². The number of hydrogen-bond acceptors (Lipinski definition) is 4. The molecule has 0 aliphatic rings. The highest BCUT2D eigenvalue weighted by atomic mass is 16.3. The fourth-order valence-electron chi connectivity index (χ4n) is 1.33. The minimum Gasteiger partial charge on any atom is -0.399 e. The molecule has 1 aromatic rings. The van der Waals surface area contributed by atoms with Crippen molar-refractivity contribution in [3.05, 3.63) is 29.8 Å². The van der Waals surface area contributed by atoms with E-state index >= 15 is 0 Å². The molecule has 5 N–H and O–H groups in total. The summed E-state index contributed by atoms with van der Waals surface area (Å²) in [6.45, 7) is 0.960. The number of aliphatic hydroxyl groups is 2. The van der Waals surface area contributed by atoms with Gasteiger partial charge < -0.3 is 21.3 Å². The number of nitrogens with one attached hydrogen (secondary N) is 1. The van der Waals surface area contributed by atoms with Crippen molar-refractivity contribution in [1.29, 1.82) is 0 Å². The molecular formula is C12H18N2O3. The molecule has 1 amide bonds. The number of nitrogen functional groups attached to an aromatic ring is 1. The van der Waals surface area contributed by atoms with Crippen LogP contribution in [0.15, 0.2) is 24.3 Å². The third-order valence-corrected chi connectivity index (χ3v) is 2.48. The number of aliphatic hydroxyl groups excluding tert-OH is 2. The number of carbonyl (C=O) groups is 1. The van der Waals surface area contributed by atoms with Crippen LogP contribution in [0.2, 0.25) is 0 Å². The highest BCUT2D eigenvalue weighted by Gasteiger charge is 2.24. The molecule has 0 bridgehead atoms. The Bertz CT molecular complexity index is 372. The second-order valence-electron chi connectivity index (χ2n) is 4.34. The molecular weight excluding hydrogens is 220 g/mol. The Balaban J connectivity index is 2.58. The van der Waals surface area contributed by atoms with E-state index in [0.717, 1.165) is 5.56 Å². The van der Waals surface area contributed by atoms with E-state index in [-0.39, 0.29) is 25.5 Å². The van der Waals surface area contributed by atoms with Crippen molar-refractivity contribution in [3.63, 3.8) is 0 Å². The molecule has 0 fully saturated rings. The summed E-state index contributed by atoms with van der Waals surface area (Å²) in [4.78, 5) is 11.7. The minimum atomic E-state index is -0.981. The molecule has 5 nitrogen and oxygen atoms in total. The lowest BCUT2D eigenvalue weighted by atomic mass is 10.0. The number of rotatable bonds is 5. The van der Waals surface area contributed by atoms with Crippen LogP contribution in [0, 0.1) is 0 Å². The van der Waals surface area contributed by atoms with Crippen LogP contribution in [0.5, 0.6) is 0 Å². The Hall–Kier alpha value is -1.59. The lowest BCUT2D eigenvalue weighted by molar-refractivity contribution is -0.123. The standard InChI is InChI=1S/C12H18N2O3/c1-12(7-15,8-16)14-11(17)6-9-2-4-10(13)5-3-9/h2-5,15-16H,6-8,13H2,1H3,(H,14,17). The van der Waals surface area contributed by atoms with Crippen molar-refractivity contribution in [2.75, 3.05) is 18.9 Å². The highest BCUT2D eigenvalue weighted by Crippen LogP contribution is 2.07. The van der Waals surface area contributed by atoms with Gasteiger partial charge in [0.1, 0.15) is 0 Å². The zero-order valence-corrected chi connectivity index (χ0v) is 9.81. The van der Waals surface area contributed by atoms with Crippen molar-refractivity contribution in [2.45, 2.75) is 18.9 Å². The Kier molecular flexibility index (Phi) is 4.48. The fraction of sp³-hybridized carbons (Fsp3) is 0.417. The first-order valence-corrected chi connectivity index (χ1v) is 5.36. The average molecular weight is 238 g/mol. The molecule has 0 atom stereocenters. The number of benzene rings is 1. The van der Waals surface area contributed by atoms with Gasteiger partial charge in [-0.05, 0) is 24.6 Å². The topological polar surface area (TPSA) is 95.6 Å². The lowest BCUT2D eigenvalue weighted by Gasteiger charge is -2.26. The summed E-state index contributed by atoms with van der Waals surface area (Å²) in [6.07, 6.45) is 0.190. The summed E-state index contributed by atoms with van der Waals surface area (Å²) >= 11 is 0. The fourth-order valence-corrected chi connectivity index (χ4v) is 1.33. The summed E-state index contributed by atoms with van der Waals surface area (Å²) < 4.78 is 0. The second-order valence-corrected chi connectivity index (χ2v) is 4.34. The van der Waals surface area contributed by atoms with Crippen LogP contribution < -0.4 is 11.1 Å². The van der Waals surface area contributed by atoms with E-state index in [1.807, 2.05) is 0 Å². The molecule has 0 heterocycles. The lowest BCUT2D eigenvalue weighted by Crippen LogP contribution is -2.52. The molecule has 0 spiro atoms. The van der Waals surface area contributed by atoms with Gasteiger partial charge in [0.05, 0.1) is 25.2 Å². The first-order valence-electron chi connectivity index (χ1n) is 5.36. The van der Waals surface area contributed by atoms with Crippen molar-refractivity contribution in [1.82, 2.24) is 5.32 Å². The number of hydrogen-bond donors (Lipinski definition) is 4. The van der Waals surface area contributed by atoms with Gasteiger partial charge in [-0.15, -0.1) is 0 Å². The van der Waals surface area contributed by atoms with Gasteiger partial charge in [0.15, 0.2) is 0 Å². The molecule has 0 aliphatic carbocycles. The van der Waals surface area contributed by atoms with E-state index in [9.17, 15) is 4.79 Å². The predicted octanol–water partition coefficient (Wildman–Crippen LogP) is -0.329. The van der Waals surface area contributed by atoms with Crippen LogP contribution in [-0.4, -0.2) is 34.9 Å². The summed E-state index contributed by atoms with van der Waals surface area (Å²) in [7, 11) is 0. The number of nitrogens with two attached hydrogens (primary N) is 1. The Morgan fingerprint density at radius 3 is 2.29 bits per heavy atom. The number of carbonyl (C=O) groups excluding carboxylic acids is 1. The minimum absolute atomic E-state index is 0.190. The van der Waals surface area contributed by atoms with Crippen LogP contribution in [0.1, 0.15) is 12.5 Å². The van der Waals surface area contributed by atoms with Gasteiger partial charge in [-0.25, -0.2) is 0 Å². The summed E-state index contributed by atoms with van der Waals surface area (Å²) in [5, 5.41) is 20.7. The van der Waals surface area contributed by atoms with Gasteiger partial charge in [0.25, 0.3) is 0 Å². The van der Waals surface area contributed by atoms with Gasteiger partial charge in [-0.2, -0.15) is 0 Å². The monoisotopic (exact) mass is 238 g/mol. The zero-order valence-electron chi connectivity index (χ0n) is 9.81. The first-order chi connectivity index (χ1) is 7.99. The Morgan fingerprint density at radius 1 is 1.29 bits per heavy atom. The quantitative estimate of drug-likeness (QED) is 0.528. The molecule has 5 heteroatoms. The number of amides is 1. The van der Waals surface area contributed by atoms with Crippen molar-refractivity contribution >= 4 is 11.6 Å². The van der Waals surface area contributed by atoms with E-state index in [0.29, 0.717) is 5.69 Å².